The topological polar surface area (TPSA) is 12.9 Å². The van der Waals surface area contributed by atoms with Crippen molar-refractivity contribution in [1.82, 2.24) is 4.98 Å². The number of hydrogen-bond acceptors (Lipinski definition) is 2. The fourth-order valence-corrected chi connectivity index (χ4v) is 7.51. The van der Waals surface area contributed by atoms with E-state index in [9.17, 15) is 0 Å². The van der Waals surface area contributed by atoms with Crippen LogP contribution in [0.15, 0.2) is 90.0 Å². The second-order valence-electron chi connectivity index (χ2n) is 8.80. The summed E-state index contributed by atoms with van der Waals surface area (Å²) in [6.45, 7) is 5.14. The van der Waals surface area contributed by atoms with E-state index in [0.717, 1.165) is 0 Å². The number of nitrogens with zero attached hydrogens (tertiary/aromatic N) is 1. The van der Waals surface area contributed by atoms with Crippen molar-refractivity contribution in [1.29, 1.82) is 0 Å². The van der Waals surface area contributed by atoms with Crippen LogP contribution in [0.1, 0.15) is 30.9 Å². The van der Waals surface area contributed by atoms with Gasteiger partial charge >= 0.3 is 0 Å². The average molecular weight is 391 g/mol. The van der Waals surface area contributed by atoms with E-state index in [-0.39, 0.29) is 12.1 Å². The maximum Gasteiger partial charge on any atom is 0.248 e. The van der Waals surface area contributed by atoms with Crippen LogP contribution < -0.4 is 11.1 Å². The number of fused-ring (bicyclic) bond motifs is 5. The lowest BCUT2D eigenvalue weighted by molar-refractivity contribution is 0.426. The van der Waals surface area contributed by atoms with Gasteiger partial charge < -0.3 is 0 Å². The Kier molecular flexibility index (Phi) is 3.73. The van der Waals surface area contributed by atoms with Crippen LogP contribution in [0.2, 0.25) is 0 Å². The minimum Gasteiger partial charge on any atom is -0.270 e. The molecule has 29 heavy (non-hydrogen) atoms. The summed E-state index contributed by atoms with van der Waals surface area (Å²) in [5.41, 5.74) is 5.73. The van der Waals surface area contributed by atoms with Crippen molar-refractivity contribution in [2.75, 3.05) is 0 Å². The molecule has 0 spiro atoms. The Morgan fingerprint density at radius 1 is 0.862 bits per heavy atom. The Balaban J connectivity index is 1.66. The van der Waals surface area contributed by atoms with E-state index < -0.39 is 0 Å². The van der Waals surface area contributed by atoms with Crippen LogP contribution >= 0.6 is 11.8 Å². The Bertz CT molecular complexity index is 1240. The predicted molar refractivity (Wildman–Crippen MR) is 125 cm³/mol. The van der Waals surface area contributed by atoms with E-state index in [0.29, 0.717) is 11.1 Å². The minimum atomic E-state index is 0.0853. The number of hydrogen-bond donors (Lipinski definition) is 0. The normalized spacial score (nSPS) is 21.5. The van der Waals surface area contributed by atoms with Gasteiger partial charge in [-0.2, -0.15) is 0 Å². The first-order valence-electron chi connectivity index (χ1n) is 10.3. The molecule has 1 aromatic heterocycles. The summed E-state index contributed by atoms with van der Waals surface area (Å²) in [5.74, 6) is 0.476. The number of pyridine rings is 1. The van der Waals surface area contributed by atoms with Crippen molar-refractivity contribution in [2.24, 2.45) is 0 Å². The molecule has 0 aliphatic carbocycles. The van der Waals surface area contributed by atoms with E-state index in [1.807, 2.05) is 6.20 Å². The van der Waals surface area contributed by atoms with Crippen LogP contribution in [0, 0.1) is 0 Å². The molecule has 3 heterocycles. The standard InChI is InChI=1S/C26H22BNS/c1-26(2)20-12-6-7-13-21(20)27(24-18-10-4-3-9-17(18)15-16-28-24)25-23(26)19-11-5-8-14-22(19)29-25/h3-16,23,25H,1-2H3. The summed E-state index contributed by atoms with van der Waals surface area (Å²) < 4.78 is 0. The molecular weight excluding hydrogens is 369 g/mol. The van der Waals surface area contributed by atoms with Gasteiger partial charge in [-0.05, 0) is 39.4 Å². The molecule has 2 aliphatic rings. The maximum atomic E-state index is 4.99. The van der Waals surface area contributed by atoms with Crippen LogP contribution in [-0.4, -0.2) is 16.8 Å². The van der Waals surface area contributed by atoms with Gasteiger partial charge in [-0.15, -0.1) is 11.8 Å². The lowest BCUT2D eigenvalue weighted by atomic mass is 9.31. The predicted octanol–water partition coefficient (Wildman–Crippen LogP) is 4.93. The van der Waals surface area contributed by atoms with Crippen molar-refractivity contribution < 1.29 is 0 Å². The molecule has 6 rings (SSSR count). The molecule has 1 nitrogen and oxygen atoms in total. The van der Waals surface area contributed by atoms with Crippen molar-refractivity contribution in [3.8, 4) is 0 Å². The molecule has 2 unspecified atom stereocenters. The highest BCUT2D eigenvalue weighted by molar-refractivity contribution is 8.02. The van der Waals surface area contributed by atoms with Crippen molar-refractivity contribution >= 4 is 40.3 Å². The monoisotopic (exact) mass is 391 g/mol. The molecule has 3 aromatic carbocycles. The SMILES string of the molecule is CC1(C)c2ccccc2B(c2nccc3ccccc23)C2Sc3ccccc3C21. The Morgan fingerprint density at radius 2 is 1.62 bits per heavy atom. The third kappa shape index (κ3) is 2.40. The van der Waals surface area contributed by atoms with Gasteiger partial charge in [0.25, 0.3) is 0 Å². The molecule has 0 radical (unpaired) electrons. The molecule has 0 N–H and O–H groups in total. The molecule has 140 valence electrons. The number of aromatic nitrogens is 1. The lowest BCUT2D eigenvalue weighted by Crippen LogP contribution is -2.61. The minimum absolute atomic E-state index is 0.0853. The fraction of sp³-hybridized carbons (Fsp3) is 0.192. The quantitative estimate of drug-likeness (QED) is 0.427. The summed E-state index contributed by atoms with van der Waals surface area (Å²) in [5, 5.41) is 3.01. The van der Waals surface area contributed by atoms with E-state index in [1.54, 1.807) is 0 Å². The number of benzene rings is 3. The summed E-state index contributed by atoms with van der Waals surface area (Å²) in [6.07, 6.45) is 1.99. The van der Waals surface area contributed by atoms with E-state index >= 15 is 0 Å². The van der Waals surface area contributed by atoms with Crippen molar-refractivity contribution in [3.05, 3.63) is 96.2 Å². The zero-order valence-corrected chi connectivity index (χ0v) is 17.5. The van der Waals surface area contributed by atoms with E-state index in [4.69, 9.17) is 4.98 Å². The summed E-state index contributed by atoms with van der Waals surface area (Å²) in [7, 11) is 0. The summed E-state index contributed by atoms with van der Waals surface area (Å²) in [6, 6.07) is 28.9. The van der Waals surface area contributed by atoms with Crippen molar-refractivity contribution in [3.63, 3.8) is 0 Å². The highest BCUT2D eigenvalue weighted by Crippen LogP contribution is 2.56. The molecule has 2 aliphatic heterocycles. The molecular formula is C26H22BNS. The number of thioether (sulfide) groups is 1. The Morgan fingerprint density at radius 3 is 2.55 bits per heavy atom. The summed E-state index contributed by atoms with van der Waals surface area (Å²) >= 11 is 2.06. The lowest BCUT2D eigenvalue weighted by Gasteiger charge is -2.45. The van der Waals surface area contributed by atoms with E-state index in [2.05, 4.69) is 104 Å². The molecule has 0 saturated heterocycles. The Hall–Kier alpha value is -2.52. The molecule has 4 aromatic rings. The van der Waals surface area contributed by atoms with Crippen LogP contribution in [-0.2, 0) is 5.41 Å². The van der Waals surface area contributed by atoms with Gasteiger partial charge in [0.15, 0.2) is 0 Å². The molecule has 2 atom stereocenters. The zero-order chi connectivity index (χ0) is 19.6. The molecule has 3 heteroatoms. The van der Waals surface area contributed by atoms with Gasteiger partial charge in [0, 0.05) is 27.8 Å². The van der Waals surface area contributed by atoms with Gasteiger partial charge in [-0.25, -0.2) is 0 Å². The average Bonchev–Trinajstić information content (AvgIpc) is 3.14. The van der Waals surface area contributed by atoms with Gasteiger partial charge in [0.1, 0.15) is 0 Å². The van der Waals surface area contributed by atoms with Crippen molar-refractivity contribution in [2.45, 2.75) is 35.2 Å². The highest BCUT2D eigenvalue weighted by Gasteiger charge is 2.54. The first-order valence-corrected chi connectivity index (χ1v) is 11.2. The Labute approximate surface area is 176 Å². The smallest absolute Gasteiger partial charge is 0.248 e. The zero-order valence-electron chi connectivity index (χ0n) is 16.7. The third-order valence-electron chi connectivity index (χ3n) is 6.94. The van der Waals surface area contributed by atoms with Crippen LogP contribution in [0.5, 0.6) is 0 Å². The summed E-state index contributed by atoms with van der Waals surface area (Å²) in [4.78, 5) is 6.43. The first-order chi connectivity index (χ1) is 14.2. The van der Waals surface area contributed by atoms with Gasteiger partial charge in [-0.3, -0.25) is 4.98 Å². The van der Waals surface area contributed by atoms with Crippen LogP contribution in [0.4, 0.5) is 0 Å². The third-order valence-corrected chi connectivity index (χ3v) is 8.38. The fourth-order valence-electron chi connectivity index (χ4n) is 5.69. The molecule has 0 bridgehead atoms. The molecule has 0 amide bonds. The first kappa shape index (κ1) is 17.4. The second kappa shape index (κ2) is 6.24. The van der Waals surface area contributed by atoms with Gasteiger partial charge in [-0.1, -0.05) is 86.0 Å². The van der Waals surface area contributed by atoms with Gasteiger partial charge in [0.2, 0.25) is 6.71 Å². The largest absolute Gasteiger partial charge is 0.270 e. The second-order valence-corrected chi connectivity index (χ2v) is 10.0. The molecule has 0 fully saturated rings. The van der Waals surface area contributed by atoms with Crippen LogP contribution in [0.25, 0.3) is 10.8 Å². The number of rotatable bonds is 1. The van der Waals surface area contributed by atoms with Crippen LogP contribution in [0.3, 0.4) is 0 Å². The van der Waals surface area contributed by atoms with E-state index in [1.165, 1.54) is 37.9 Å². The maximum absolute atomic E-state index is 4.99. The molecule has 0 saturated carbocycles. The highest BCUT2D eigenvalue weighted by atomic mass is 32.2. The van der Waals surface area contributed by atoms with Gasteiger partial charge in [0.05, 0.1) is 0 Å².